The van der Waals surface area contributed by atoms with Crippen molar-refractivity contribution in [3.8, 4) is 17.2 Å². The minimum Gasteiger partial charge on any atom is -0.311 e. The van der Waals surface area contributed by atoms with E-state index in [1.807, 2.05) is 6.07 Å². The first kappa shape index (κ1) is 21.0. The molecule has 1 N–H and O–H groups in total. The summed E-state index contributed by atoms with van der Waals surface area (Å²) < 4.78 is 4.23. The molecular weight excluding hydrogens is 388 g/mol. The lowest BCUT2D eigenvalue weighted by Gasteiger charge is -2.11. The van der Waals surface area contributed by atoms with Crippen LogP contribution >= 0.6 is 0 Å². The molecule has 8 nitrogen and oxygen atoms in total. The number of aromatic nitrogens is 8. The summed E-state index contributed by atoms with van der Waals surface area (Å²) in [4.78, 5) is 4.82. The third kappa shape index (κ3) is 4.73. The standard InChI is InChI=1S/C23H30N8/c1-5-6-7-22-24-21(14-16(2)3)27-30(22)15-18-9-11-19(12-10-18)31-17(4)8-13-20(31)23-25-28-29-26-23/h8-13,16H,5-7,14-15H2,1-4H3,(H,25,26,28,29). The van der Waals surface area contributed by atoms with Crippen LogP contribution in [0.4, 0.5) is 0 Å². The number of benzene rings is 1. The van der Waals surface area contributed by atoms with Crippen molar-refractivity contribution in [3.05, 3.63) is 59.3 Å². The topological polar surface area (TPSA) is 90.1 Å². The molecule has 0 fully saturated rings. The zero-order valence-electron chi connectivity index (χ0n) is 18.7. The second-order valence-electron chi connectivity index (χ2n) is 8.42. The highest BCUT2D eigenvalue weighted by Crippen LogP contribution is 2.24. The predicted molar refractivity (Wildman–Crippen MR) is 120 cm³/mol. The number of aromatic amines is 1. The molecule has 4 aromatic rings. The van der Waals surface area contributed by atoms with Gasteiger partial charge in [-0.25, -0.2) is 14.8 Å². The molecule has 0 aliphatic heterocycles. The third-order valence-electron chi connectivity index (χ3n) is 5.33. The van der Waals surface area contributed by atoms with Crippen molar-refractivity contribution < 1.29 is 0 Å². The van der Waals surface area contributed by atoms with Gasteiger partial charge in [-0.3, -0.25) is 0 Å². The first-order valence-electron chi connectivity index (χ1n) is 11.0. The number of nitrogens with one attached hydrogen (secondary N) is 1. The van der Waals surface area contributed by atoms with Gasteiger partial charge in [-0.15, -0.1) is 5.10 Å². The minimum absolute atomic E-state index is 0.549. The zero-order valence-corrected chi connectivity index (χ0v) is 18.7. The van der Waals surface area contributed by atoms with Crippen LogP contribution in [0.15, 0.2) is 36.4 Å². The molecular formula is C23H30N8. The Labute approximate surface area is 182 Å². The first-order valence-corrected chi connectivity index (χ1v) is 11.0. The van der Waals surface area contributed by atoms with E-state index in [0.717, 1.165) is 61.0 Å². The van der Waals surface area contributed by atoms with Gasteiger partial charge in [0.2, 0.25) is 0 Å². The summed E-state index contributed by atoms with van der Waals surface area (Å²) in [7, 11) is 0. The van der Waals surface area contributed by atoms with Gasteiger partial charge in [0.25, 0.3) is 0 Å². The Morgan fingerprint density at radius 3 is 2.55 bits per heavy atom. The highest BCUT2D eigenvalue weighted by Gasteiger charge is 2.14. The Bertz CT molecular complexity index is 1100. The minimum atomic E-state index is 0.549. The van der Waals surface area contributed by atoms with E-state index in [1.54, 1.807) is 0 Å². The summed E-state index contributed by atoms with van der Waals surface area (Å²) in [6.07, 6.45) is 4.17. The molecule has 0 aliphatic rings. The van der Waals surface area contributed by atoms with Gasteiger partial charge >= 0.3 is 0 Å². The largest absolute Gasteiger partial charge is 0.311 e. The zero-order chi connectivity index (χ0) is 21.8. The van der Waals surface area contributed by atoms with Crippen molar-refractivity contribution in [2.45, 2.75) is 59.9 Å². The summed E-state index contributed by atoms with van der Waals surface area (Å²) in [5.41, 5.74) is 4.33. The Hall–Kier alpha value is -3.29. The third-order valence-corrected chi connectivity index (χ3v) is 5.33. The molecule has 3 aromatic heterocycles. The molecule has 0 aliphatic carbocycles. The van der Waals surface area contributed by atoms with Gasteiger partial charge in [-0.1, -0.05) is 39.3 Å². The number of rotatable bonds is 9. The number of tetrazole rings is 1. The number of unbranched alkanes of at least 4 members (excludes halogenated alkanes) is 1. The summed E-state index contributed by atoms with van der Waals surface area (Å²) in [6, 6.07) is 12.7. The molecule has 0 amide bonds. The van der Waals surface area contributed by atoms with Crippen molar-refractivity contribution in [2.75, 3.05) is 0 Å². The van der Waals surface area contributed by atoms with Crippen LogP contribution in [0.1, 0.15) is 56.5 Å². The maximum atomic E-state index is 4.82. The van der Waals surface area contributed by atoms with Crippen LogP contribution in [-0.2, 0) is 19.4 Å². The molecule has 4 rings (SSSR count). The fourth-order valence-corrected chi connectivity index (χ4v) is 3.78. The average molecular weight is 419 g/mol. The Morgan fingerprint density at radius 1 is 1.06 bits per heavy atom. The normalized spacial score (nSPS) is 11.5. The maximum Gasteiger partial charge on any atom is 0.196 e. The highest BCUT2D eigenvalue weighted by atomic mass is 15.5. The van der Waals surface area contributed by atoms with Crippen LogP contribution in [0.5, 0.6) is 0 Å². The van der Waals surface area contributed by atoms with E-state index in [1.165, 1.54) is 5.56 Å². The Kier molecular flexibility index (Phi) is 6.25. The van der Waals surface area contributed by atoms with Crippen molar-refractivity contribution in [2.24, 2.45) is 5.92 Å². The predicted octanol–water partition coefficient (Wildman–Crippen LogP) is 4.15. The van der Waals surface area contributed by atoms with Gasteiger partial charge < -0.3 is 4.57 Å². The number of aryl methyl sites for hydroxylation is 2. The fourth-order valence-electron chi connectivity index (χ4n) is 3.78. The van der Waals surface area contributed by atoms with E-state index in [-0.39, 0.29) is 0 Å². The number of nitrogens with zero attached hydrogens (tertiary/aromatic N) is 7. The molecule has 31 heavy (non-hydrogen) atoms. The lowest BCUT2D eigenvalue weighted by molar-refractivity contribution is 0.592. The molecule has 3 heterocycles. The summed E-state index contributed by atoms with van der Waals surface area (Å²) in [5, 5.41) is 19.1. The van der Waals surface area contributed by atoms with Crippen LogP contribution in [0.2, 0.25) is 0 Å². The van der Waals surface area contributed by atoms with Crippen LogP contribution in [0.25, 0.3) is 17.2 Å². The summed E-state index contributed by atoms with van der Waals surface area (Å²) >= 11 is 0. The van der Waals surface area contributed by atoms with Gasteiger partial charge in [0.1, 0.15) is 5.82 Å². The molecule has 0 unspecified atom stereocenters. The molecule has 1 aromatic carbocycles. The lowest BCUT2D eigenvalue weighted by Crippen LogP contribution is -2.08. The van der Waals surface area contributed by atoms with Gasteiger partial charge in [0.15, 0.2) is 11.6 Å². The van der Waals surface area contributed by atoms with Crippen molar-refractivity contribution >= 4 is 0 Å². The van der Waals surface area contributed by atoms with Gasteiger partial charge in [0, 0.05) is 24.2 Å². The van der Waals surface area contributed by atoms with Crippen LogP contribution in [0.3, 0.4) is 0 Å². The van der Waals surface area contributed by atoms with Gasteiger partial charge in [-0.2, -0.15) is 5.10 Å². The molecule has 0 radical (unpaired) electrons. The second-order valence-corrected chi connectivity index (χ2v) is 8.42. The smallest absolute Gasteiger partial charge is 0.196 e. The first-order chi connectivity index (χ1) is 15.0. The van der Waals surface area contributed by atoms with Crippen LogP contribution in [-0.4, -0.2) is 40.0 Å². The van der Waals surface area contributed by atoms with E-state index in [4.69, 9.17) is 10.1 Å². The lowest BCUT2D eigenvalue weighted by atomic mass is 10.1. The fraction of sp³-hybridized carbons (Fsp3) is 0.435. The molecule has 0 spiro atoms. The van der Waals surface area contributed by atoms with Gasteiger partial charge in [0.05, 0.1) is 12.2 Å². The van der Waals surface area contributed by atoms with E-state index in [0.29, 0.717) is 11.7 Å². The van der Waals surface area contributed by atoms with Crippen molar-refractivity contribution in [1.29, 1.82) is 0 Å². The van der Waals surface area contributed by atoms with Crippen LogP contribution < -0.4 is 0 Å². The average Bonchev–Trinajstić information content (AvgIpc) is 3.47. The highest BCUT2D eigenvalue weighted by molar-refractivity contribution is 5.56. The summed E-state index contributed by atoms with van der Waals surface area (Å²) in [5.74, 6) is 3.24. The van der Waals surface area contributed by atoms with Gasteiger partial charge in [-0.05, 0) is 59.5 Å². The van der Waals surface area contributed by atoms with Crippen LogP contribution in [0, 0.1) is 12.8 Å². The number of hydrogen-bond acceptors (Lipinski definition) is 5. The van der Waals surface area contributed by atoms with E-state index >= 15 is 0 Å². The van der Waals surface area contributed by atoms with E-state index in [9.17, 15) is 0 Å². The Balaban J connectivity index is 1.57. The van der Waals surface area contributed by atoms with Crippen molar-refractivity contribution in [1.82, 2.24) is 40.0 Å². The monoisotopic (exact) mass is 418 g/mol. The maximum absolute atomic E-state index is 4.82. The van der Waals surface area contributed by atoms with Crippen molar-refractivity contribution in [3.63, 3.8) is 0 Å². The molecule has 0 saturated heterocycles. The molecule has 0 bridgehead atoms. The van der Waals surface area contributed by atoms with E-state index in [2.05, 4.69) is 87.9 Å². The molecule has 162 valence electrons. The number of hydrogen-bond donors (Lipinski definition) is 1. The number of H-pyrrole nitrogens is 1. The summed E-state index contributed by atoms with van der Waals surface area (Å²) in [6.45, 7) is 9.43. The second kappa shape index (κ2) is 9.24. The Morgan fingerprint density at radius 2 is 1.87 bits per heavy atom. The van der Waals surface area contributed by atoms with E-state index < -0.39 is 0 Å². The SMILES string of the molecule is CCCCc1nc(CC(C)C)nn1Cc1ccc(-n2c(C)ccc2-c2nnn[nH]2)cc1. The molecule has 8 heteroatoms. The molecule has 0 saturated carbocycles. The molecule has 0 atom stereocenters. The quantitative estimate of drug-likeness (QED) is 0.441.